The highest BCUT2D eigenvalue weighted by Crippen LogP contribution is 2.26. The topological polar surface area (TPSA) is 96.2 Å². The van der Waals surface area contributed by atoms with E-state index in [1.807, 2.05) is 55.5 Å². The lowest BCUT2D eigenvalue weighted by molar-refractivity contribution is -0.122. The number of amides is 3. The van der Waals surface area contributed by atoms with Crippen molar-refractivity contribution >= 4 is 23.3 Å². The zero-order chi connectivity index (χ0) is 19.9. The summed E-state index contributed by atoms with van der Waals surface area (Å²) in [6.45, 7) is 2.40. The average Bonchev–Trinajstić information content (AvgIpc) is 3.05. The van der Waals surface area contributed by atoms with Gasteiger partial charge in [0.1, 0.15) is 0 Å². The molecule has 2 atom stereocenters. The van der Waals surface area contributed by atoms with Gasteiger partial charge in [0.2, 0.25) is 5.91 Å². The highest BCUT2D eigenvalue weighted by molar-refractivity contribution is 5.99. The molecule has 0 aliphatic heterocycles. The summed E-state index contributed by atoms with van der Waals surface area (Å²) in [5.41, 5.74) is 9.46. The van der Waals surface area contributed by atoms with Crippen LogP contribution < -0.4 is 21.7 Å². The van der Waals surface area contributed by atoms with E-state index in [1.165, 1.54) is 0 Å². The summed E-state index contributed by atoms with van der Waals surface area (Å²) < 4.78 is 0. The number of urea groups is 1. The number of aryl methyl sites for hydroxylation is 1. The molecule has 5 N–H and O–H groups in total. The zero-order valence-corrected chi connectivity index (χ0v) is 16.2. The number of nitrogens with two attached hydrogens (primary N) is 1. The Morgan fingerprint density at radius 3 is 2.43 bits per heavy atom. The second kappa shape index (κ2) is 9.37. The second-order valence-electron chi connectivity index (χ2n) is 7.48. The molecule has 28 heavy (non-hydrogen) atoms. The van der Waals surface area contributed by atoms with E-state index in [0.717, 1.165) is 36.1 Å². The number of nitrogens with one attached hydrogen (secondary N) is 3. The van der Waals surface area contributed by atoms with Crippen LogP contribution in [0.5, 0.6) is 0 Å². The molecule has 1 aliphatic rings. The molecule has 0 bridgehead atoms. The SMILES string of the molecule is Cc1cccc(NC(=O)Nc2cccc(CNC(=O)C[C@@H]3CCC[C@H]3N)c2)c1. The first-order valence-corrected chi connectivity index (χ1v) is 9.75. The van der Waals surface area contributed by atoms with Crippen molar-refractivity contribution < 1.29 is 9.59 Å². The molecule has 6 nitrogen and oxygen atoms in total. The Hall–Kier alpha value is -2.86. The standard InChI is InChI=1S/C22H28N4O2/c1-15-5-2-8-18(11-15)25-22(28)26-19-9-3-6-16(12-19)14-24-21(27)13-17-7-4-10-20(17)23/h2-3,5-6,8-9,11-12,17,20H,4,7,10,13-14,23H2,1H3,(H,24,27)(H2,25,26,28)/t17-,20+/m0/s1. The van der Waals surface area contributed by atoms with Crippen molar-refractivity contribution in [3.8, 4) is 0 Å². The zero-order valence-electron chi connectivity index (χ0n) is 16.2. The molecule has 0 saturated heterocycles. The molecular formula is C22H28N4O2. The molecule has 0 aromatic heterocycles. The Bertz CT molecular complexity index is 837. The highest BCUT2D eigenvalue weighted by atomic mass is 16.2. The molecular weight excluding hydrogens is 352 g/mol. The number of benzene rings is 2. The Kier molecular flexibility index (Phi) is 6.66. The van der Waals surface area contributed by atoms with E-state index >= 15 is 0 Å². The summed E-state index contributed by atoms with van der Waals surface area (Å²) in [5, 5.41) is 8.59. The molecule has 3 amide bonds. The van der Waals surface area contributed by atoms with Crippen molar-refractivity contribution in [1.29, 1.82) is 0 Å². The van der Waals surface area contributed by atoms with Crippen LogP contribution in [-0.2, 0) is 11.3 Å². The van der Waals surface area contributed by atoms with Gasteiger partial charge in [0, 0.05) is 30.4 Å². The molecule has 6 heteroatoms. The van der Waals surface area contributed by atoms with Crippen molar-refractivity contribution in [2.45, 2.75) is 45.2 Å². The van der Waals surface area contributed by atoms with Crippen LogP contribution >= 0.6 is 0 Å². The predicted octanol–water partition coefficient (Wildman–Crippen LogP) is 3.77. The van der Waals surface area contributed by atoms with E-state index in [0.29, 0.717) is 24.6 Å². The lowest BCUT2D eigenvalue weighted by Gasteiger charge is -2.15. The lowest BCUT2D eigenvalue weighted by Crippen LogP contribution is -2.31. The van der Waals surface area contributed by atoms with E-state index in [1.54, 1.807) is 0 Å². The van der Waals surface area contributed by atoms with E-state index in [2.05, 4.69) is 16.0 Å². The first kappa shape index (κ1) is 19.9. The molecule has 1 aliphatic carbocycles. The maximum Gasteiger partial charge on any atom is 0.323 e. The molecule has 2 aromatic carbocycles. The third-order valence-corrected chi connectivity index (χ3v) is 5.12. The Morgan fingerprint density at radius 2 is 1.75 bits per heavy atom. The number of anilines is 2. The summed E-state index contributed by atoms with van der Waals surface area (Å²) in [6.07, 6.45) is 3.63. The highest BCUT2D eigenvalue weighted by Gasteiger charge is 2.25. The van der Waals surface area contributed by atoms with Crippen LogP contribution in [-0.4, -0.2) is 18.0 Å². The molecule has 3 rings (SSSR count). The van der Waals surface area contributed by atoms with Crippen molar-refractivity contribution in [2.75, 3.05) is 10.6 Å². The molecule has 1 fully saturated rings. The lowest BCUT2D eigenvalue weighted by atomic mass is 10.00. The minimum absolute atomic E-state index is 0.0258. The van der Waals surface area contributed by atoms with Gasteiger partial charge >= 0.3 is 6.03 Å². The summed E-state index contributed by atoms with van der Waals surface area (Å²) in [4.78, 5) is 24.4. The Balaban J connectivity index is 1.49. The third kappa shape index (κ3) is 5.82. The molecule has 2 aromatic rings. The molecule has 0 radical (unpaired) electrons. The van der Waals surface area contributed by atoms with Gasteiger partial charge in [0.15, 0.2) is 0 Å². The van der Waals surface area contributed by atoms with Crippen LogP contribution in [0.15, 0.2) is 48.5 Å². The fourth-order valence-electron chi connectivity index (χ4n) is 3.61. The molecule has 0 heterocycles. The third-order valence-electron chi connectivity index (χ3n) is 5.12. The van der Waals surface area contributed by atoms with Crippen LogP contribution in [0.4, 0.5) is 16.2 Å². The summed E-state index contributed by atoms with van der Waals surface area (Å²) in [5.74, 6) is 0.316. The van der Waals surface area contributed by atoms with Crippen molar-refractivity contribution in [1.82, 2.24) is 5.32 Å². The molecule has 0 spiro atoms. The van der Waals surface area contributed by atoms with Crippen LogP contribution in [0.25, 0.3) is 0 Å². The summed E-state index contributed by atoms with van der Waals surface area (Å²) in [7, 11) is 0. The number of hydrogen-bond donors (Lipinski definition) is 4. The molecule has 0 unspecified atom stereocenters. The van der Waals surface area contributed by atoms with Gasteiger partial charge in [-0.15, -0.1) is 0 Å². The van der Waals surface area contributed by atoms with Gasteiger partial charge in [0.05, 0.1) is 0 Å². The quantitative estimate of drug-likeness (QED) is 0.614. The van der Waals surface area contributed by atoms with Crippen LogP contribution in [0.3, 0.4) is 0 Å². The largest absolute Gasteiger partial charge is 0.352 e. The van der Waals surface area contributed by atoms with E-state index in [-0.39, 0.29) is 18.0 Å². The minimum atomic E-state index is -0.304. The molecule has 148 valence electrons. The maximum absolute atomic E-state index is 12.2. The fourth-order valence-corrected chi connectivity index (χ4v) is 3.61. The average molecular weight is 380 g/mol. The van der Waals surface area contributed by atoms with Gasteiger partial charge in [-0.25, -0.2) is 4.79 Å². The monoisotopic (exact) mass is 380 g/mol. The van der Waals surface area contributed by atoms with Crippen LogP contribution in [0.1, 0.15) is 36.8 Å². The van der Waals surface area contributed by atoms with Gasteiger partial charge in [0.25, 0.3) is 0 Å². The van der Waals surface area contributed by atoms with Gasteiger partial charge in [-0.05, 0) is 61.1 Å². The maximum atomic E-state index is 12.2. The minimum Gasteiger partial charge on any atom is -0.352 e. The van der Waals surface area contributed by atoms with Gasteiger partial charge in [-0.3, -0.25) is 4.79 Å². The summed E-state index contributed by atoms with van der Waals surface area (Å²) >= 11 is 0. The Morgan fingerprint density at radius 1 is 1.04 bits per heavy atom. The number of hydrogen-bond acceptors (Lipinski definition) is 3. The molecule has 1 saturated carbocycles. The van der Waals surface area contributed by atoms with Crippen LogP contribution in [0.2, 0.25) is 0 Å². The van der Waals surface area contributed by atoms with Gasteiger partial charge in [-0.2, -0.15) is 0 Å². The summed E-state index contributed by atoms with van der Waals surface area (Å²) in [6, 6.07) is 14.9. The van der Waals surface area contributed by atoms with E-state index in [9.17, 15) is 9.59 Å². The van der Waals surface area contributed by atoms with E-state index in [4.69, 9.17) is 5.73 Å². The smallest absolute Gasteiger partial charge is 0.323 e. The number of carbonyl (C=O) groups is 2. The number of carbonyl (C=O) groups excluding carboxylic acids is 2. The van der Waals surface area contributed by atoms with Gasteiger partial charge in [-0.1, -0.05) is 30.7 Å². The first-order chi connectivity index (χ1) is 13.5. The predicted molar refractivity (Wildman–Crippen MR) is 112 cm³/mol. The Labute approximate surface area is 165 Å². The second-order valence-corrected chi connectivity index (χ2v) is 7.48. The van der Waals surface area contributed by atoms with Crippen molar-refractivity contribution in [2.24, 2.45) is 11.7 Å². The van der Waals surface area contributed by atoms with E-state index < -0.39 is 0 Å². The number of rotatable bonds is 6. The van der Waals surface area contributed by atoms with Crippen molar-refractivity contribution in [3.05, 3.63) is 59.7 Å². The first-order valence-electron chi connectivity index (χ1n) is 9.75. The van der Waals surface area contributed by atoms with Crippen molar-refractivity contribution in [3.63, 3.8) is 0 Å². The normalized spacial score (nSPS) is 18.5. The van der Waals surface area contributed by atoms with Gasteiger partial charge < -0.3 is 21.7 Å². The fraction of sp³-hybridized carbons (Fsp3) is 0.364. The van der Waals surface area contributed by atoms with Crippen LogP contribution in [0, 0.1) is 12.8 Å².